The molecule has 4 amide bonds. The van der Waals surface area contributed by atoms with E-state index >= 15 is 0 Å². The fraction of sp³-hybridized carbons (Fsp3) is 0.769. The zero-order valence-corrected chi connectivity index (χ0v) is 11.7. The lowest BCUT2D eigenvalue weighted by Gasteiger charge is -2.31. The molecule has 0 saturated carbocycles. The third-order valence-electron chi connectivity index (χ3n) is 3.87. The van der Waals surface area contributed by atoms with E-state index in [-0.39, 0.29) is 18.4 Å². The first-order valence-corrected chi connectivity index (χ1v) is 6.73. The van der Waals surface area contributed by atoms with E-state index < -0.39 is 11.6 Å². The standard InChI is InChI=1S/C13H21N3O3/c1-9-4-6-15(7-5-9)10(17)8-16-11(18)13(2,3)14-12(16)19/h9H,4-8H2,1-3H3,(H,14,19). The Morgan fingerprint density at radius 3 is 2.37 bits per heavy atom. The summed E-state index contributed by atoms with van der Waals surface area (Å²) in [6, 6.07) is -0.478. The minimum Gasteiger partial charge on any atom is -0.341 e. The highest BCUT2D eigenvalue weighted by Gasteiger charge is 2.45. The van der Waals surface area contributed by atoms with Gasteiger partial charge in [-0.15, -0.1) is 0 Å². The monoisotopic (exact) mass is 267 g/mol. The molecule has 2 heterocycles. The van der Waals surface area contributed by atoms with Gasteiger partial charge in [-0.3, -0.25) is 14.5 Å². The van der Waals surface area contributed by atoms with Crippen LogP contribution in [-0.4, -0.2) is 52.8 Å². The highest BCUT2D eigenvalue weighted by Crippen LogP contribution is 2.19. The predicted molar refractivity (Wildman–Crippen MR) is 69.3 cm³/mol. The van der Waals surface area contributed by atoms with Gasteiger partial charge in [0.1, 0.15) is 12.1 Å². The van der Waals surface area contributed by atoms with Gasteiger partial charge in [0.2, 0.25) is 5.91 Å². The molecular formula is C13H21N3O3. The zero-order chi connectivity index (χ0) is 14.2. The molecule has 106 valence electrons. The van der Waals surface area contributed by atoms with Gasteiger partial charge in [0.05, 0.1) is 0 Å². The second-order valence-electron chi connectivity index (χ2n) is 6.01. The van der Waals surface area contributed by atoms with Gasteiger partial charge >= 0.3 is 6.03 Å². The van der Waals surface area contributed by atoms with E-state index in [0.717, 1.165) is 17.7 Å². The number of rotatable bonds is 2. The molecule has 6 nitrogen and oxygen atoms in total. The number of hydrogen-bond donors (Lipinski definition) is 1. The van der Waals surface area contributed by atoms with Crippen LogP contribution in [-0.2, 0) is 9.59 Å². The van der Waals surface area contributed by atoms with Gasteiger partial charge in [-0.25, -0.2) is 4.79 Å². The van der Waals surface area contributed by atoms with Crippen LogP contribution in [0.1, 0.15) is 33.6 Å². The lowest BCUT2D eigenvalue weighted by molar-refractivity contribution is -0.139. The van der Waals surface area contributed by atoms with Crippen molar-refractivity contribution in [2.75, 3.05) is 19.6 Å². The summed E-state index contributed by atoms with van der Waals surface area (Å²) in [5.41, 5.74) is -0.909. The summed E-state index contributed by atoms with van der Waals surface area (Å²) in [6.45, 7) is 6.73. The maximum atomic E-state index is 12.1. The molecule has 2 fully saturated rings. The third kappa shape index (κ3) is 2.72. The van der Waals surface area contributed by atoms with Crippen LogP contribution in [0, 0.1) is 5.92 Å². The number of urea groups is 1. The van der Waals surface area contributed by atoms with Crippen LogP contribution in [0.3, 0.4) is 0 Å². The molecule has 1 N–H and O–H groups in total. The largest absolute Gasteiger partial charge is 0.341 e. The topological polar surface area (TPSA) is 69.7 Å². The quantitative estimate of drug-likeness (QED) is 0.744. The number of imide groups is 1. The first-order chi connectivity index (χ1) is 8.81. The second kappa shape index (κ2) is 4.83. The summed E-state index contributed by atoms with van der Waals surface area (Å²) in [5, 5.41) is 2.58. The molecular weight excluding hydrogens is 246 g/mol. The van der Waals surface area contributed by atoms with Crippen LogP contribution in [0.2, 0.25) is 0 Å². The van der Waals surface area contributed by atoms with Crippen molar-refractivity contribution >= 4 is 17.8 Å². The molecule has 6 heteroatoms. The number of likely N-dealkylation sites (tertiary alicyclic amines) is 1. The van der Waals surface area contributed by atoms with Crippen LogP contribution in [0.4, 0.5) is 4.79 Å². The first-order valence-electron chi connectivity index (χ1n) is 6.73. The van der Waals surface area contributed by atoms with Gasteiger partial charge in [0.25, 0.3) is 5.91 Å². The molecule has 0 unspecified atom stereocenters. The number of nitrogens with one attached hydrogen (secondary N) is 1. The summed E-state index contributed by atoms with van der Waals surface area (Å²) >= 11 is 0. The molecule has 0 radical (unpaired) electrons. The van der Waals surface area contributed by atoms with Crippen molar-refractivity contribution < 1.29 is 14.4 Å². The molecule has 0 aromatic rings. The highest BCUT2D eigenvalue weighted by atomic mass is 16.2. The molecule has 0 aromatic carbocycles. The van der Waals surface area contributed by atoms with E-state index in [2.05, 4.69) is 12.2 Å². The van der Waals surface area contributed by atoms with Crippen molar-refractivity contribution in [2.45, 2.75) is 39.2 Å². The fourth-order valence-electron chi connectivity index (χ4n) is 2.45. The summed E-state index contributed by atoms with van der Waals surface area (Å²) in [7, 11) is 0. The summed E-state index contributed by atoms with van der Waals surface area (Å²) < 4.78 is 0. The summed E-state index contributed by atoms with van der Waals surface area (Å²) in [5.74, 6) is 0.157. The number of nitrogens with zero attached hydrogens (tertiary/aromatic N) is 2. The maximum absolute atomic E-state index is 12.1. The predicted octanol–water partition coefficient (Wildman–Crippen LogP) is 0.575. The molecule has 2 aliphatic rings. The summed E-state index contributed by atoms with van der Waals surface area (Å²) in [4.78, 5) is 38.5. The van der Waals surface area contributed by atoms with Crippen molar-refractivity contribution in [3.05, 3.63) is 0 Å². The van der Waals surface area contributed by atoms with Crippen molar-refractivity contribution in [3.63, 3.8) is 0 Å². The van der Waals surface area contributed by atoms with Crippen LogP contribution in [0.25, 0.3) is 0 Å². The van der Waals surface area contributed by atoms with Crippen molar-refractivity contribution in [1.29, 1.82) is 0 Å². The Morgan fingerprint density at radius 1 is 1.32 bits per heavy atom. The third-order valence-corrected chi connectivity index (χ3v) is 3.87. The van der Waals surface area contributed by atoms with E-state index in [4.69, 9.17) is 0 Å². The van der Waals surface area contributed by atoms with Crippen LogP contribution in [0.5, 0.6) is 0 Å². The van der Waals surface area contributed by atoms with E-state index in [1.54, 1.807) is 18.7 Å². The molecule has 0 aliphatic carbocycles. The molecule has 19 heavy (non-hydrogen) atoms. The average Bonchev–Trinajstić information content (AvgIpc) is 2.52. The molecule has 2 saturated heterocycles. The van der Waals surface area contributed by atoms with E-state index in [0.29, 0.717) is 19.0 Å². The SMILES string of the molecule is CC1CCN(C(=O)CN2C(=O)NC(C)(C)C2=O)CC1. The lowest BCUT2D eigenvalue weighted by atomic mass is 9.99. The van der Waals surface area contributed by atoms with Crippen molar-refractivity contribution in [3.8, 4) is 0 Å². The molecule has 0 bridgehead atoms. The van der Waals surface area contributed by atoms with Gasteiger partial charge in [-0.2, -0.15) is 0 Å². The number of carbonyl (C=O) groups is 3. The molecule has 2 aliphatic heterocycles. The Bertz CT molecular complexity index is 411. The van der Waals surface area contributed by atoms with Crippen molar-refractivity contribution in [2.24, 2.45) is 5.92 Å². The lowest BCUT2D eigenvalue weighted by Crippen LogP contribution is -2.46. The average molecular weight is 267 g/mol. The molecule has 0 atom stereocenters. The van der Waals surface area contributed by atoms with Gasteiger partial charge in [-0.1, -0.05) is 6.92 Å². The van der Waals surface area contributed by atoms with E-state index in [1.165, 1.54) is 0 Å². The minimum atomic E-state index is -0.909. The highest BCUT2D eigenvalue weighted by molar-refractivity contribution is 6.08. The maximum Gasteiger partial charge on any atom is 0.325 e. The smallest absolute Gasteiger partial charge is 0.325 e. The fourth-order valence-corrected chi connectivity index (χ4v) is 2.45. The minimum absolute atomic E-state index is 0.145. The Balaban J connectivity index is 1.96. The molecule has 0 aromatic heterocycles. The Kier molecular flexibility index (Phi) is 3.52. The Hall–Kier alpha value is -1.59. The molecule has 0 spiro atoms. The Labute approximate surface area is 113 Å². The normalized spacial score (nSPS) is 23.7. The van der Waals surface area contributed by atoms with Crippen LogP contribution < -0.4 is 5.32 Å². The van der Waals surface area contributed by atoms with Crippen molar-refractivity contribution in [1.82, 2.24) is 15.1 Å². The first kappa shape index (κ1) is 13.8. The van der Waals surface area contributed by atoms with Gasteiger partial charge in [0.15, 0.2) is 0 Å². The number of hydrogen-bond acceptors (Lipinski definition) is 3. The summed E-state index contributed by atoms with van der Waals surface area (Å²) in [6.07, 6.45) is 1.97. The van der Waals surface area contributed by atoms with Crippen LogP contribution in [0.15, 0.2) is 0 Å². The molecule has 2 rings (SSSR count). The van der Waals surface area contributed by atoms with Gasteiger partial charge in [0, 0.05) is 13.1 Å². The van der Waals surface area contributed by atoms with E-state index in [1.807, 2.05) is 0 Å². The number of carbonyl (C=O) groups excluding carboxylic acids is 3. The second-order valence-corrected chi connectivity index (χ2v) is 6.01. The zero-order valence-electron chi connectivity index (χ0n) is 11.7. The van der Waals surface area contributed by atoms with E-state index in [9.17, 15) is 14.4 Å². The Morgan fingerprint density at radius 2 is 1.89 bits per heavy atom. The van der Waals surface area contributed by atoms with Gasteiger partial charge in [-0.05, 0) is 32.6 Å². The number of amides is 4. The number of piperidine rings is 1. The van der Waals surface area contributed by atoms with Gasteiger partial charge < -0.3 is 10.2 Å². The van der Waals surface area contributed by atoms with Crippen LogP contribution >= 0.6 is 0 Å².